The van der Waals surface area contributed by atoms with Crippen molar-refractivity contribution in [1.82, 2.24) is 14.7 Å². The Bertz CT molecular complexity index is 355. The Labute approximate surface area is 107 Å². The lowest BCUT2D eigenvalue weighted by Crippen LogP contribution is -2.48. The molecule has 2 unspecified atom stereocenters. The smallest absolute Gasteiger partial charge is 0.0838 e. The molecular formula is C12H20ClN3O. The minimum Gasteiger partial charge on any atom is -0.374 e. The van der Waals surface area contributed by atoms with Gasteiger partial charge in [-0.2, -0.15) is 5.10 Å². The van der Waals surface area contributed by atoms with Crippen LogP contribution in [0.25, 0.3) is 0 Å². The first-order valence-corrected chi connectivity index (χ1v) is 6.69. The predicted molar refractivity (Wildman–Crippen MR) is 68.2 cm³/mol. The van der Waals surface area contributed by atoms with Gasteiger partial charge in [-0.1, -0.05) is 0 Å². The molecular weight excluding hydrogens is 238 g/mol. The van der Waals surface area contributed by atoms with Crippen LogP contribution in [0.1, 0.15) is 19.4 Å². The summed E-state index contributed by atoms with van der Waals surface area (Å²) in [5.41, 5.74) is 1.26. The molecule has 1 aromatic rings. The van der Waals surface area contributed by atoms with Gasteiger partial charge in [-0.25, -0.2) is 0 Å². The predicted octanol–water partition coefficient (Wildman–Crippen LogP) is 1.73. The van der Waals surface area contributed by atoms with Crippen molar-refractivity contribution >= 4 is 11.6 Å². The molecule has 1 aliphatic rings. The molecule has 0 amide bonds. The molecule has 0 aliphatic carbocycles. The highest BCUT2D eigenvalue weighted by Crippen LogP contribution is 2.16. The zero-order chi connectivity index (χ0) is 12.3. The first kappa shape index (κ1) is 12.9. The van der Waals surface area contributed by atoms with Crippen LogP contribution in [0.4, 0.5) is 0 Å². The molecule has 1 saturated heterocycles. The quantitative estimate of drug-likeness (QED) is 0.770. The zero-order valence-electron chi connectivity index (χ0n) is 10.5. The molecule has 0 spiro atoms. The molecule has 1 aliphatic heterocycles. The maximum Gasteiger partial charge on any atom is 0.0838 e. The van der Waals surface area contributed by atoms with Crippen LogP contribution in [-0.2, 0) is 17.8 Å². The van der Waals surface area contributed by atoms with E-state index in [4.69, 9.17) is 16.3 Å². The van der Waals surface area contributed by atoms with E-state index in [1.54, 1.807) is 0 Å². The number of alkyl halides is 1. The number of hydrogen-bond acceptors (Lipinski definition) is 3. The van der Waals surface area contributed by atoms with E-state index in [1.165, 1.54) is 5.56 Å². The van der Waals surface area contributed by atoms with Gasteiger partial charge in [-0.05, 0) is 13.8 Å². The minimum absolute atomic E-state index is 0.161. The second-order valence-electron chi connectivity index (χ2n) is 4.59. The summed E-state index contributed by atoms with van der Waals surface area (Å²) in [7, 11) is 0. The van der Waals surface area contributed by atoms with Gasteiger partial charge in [0.2, 0.25) is 0 Å². The summed E-state index contributed by atoms with van der Waals surface area (Å²) in [6.45, 7) is 7.80. The summed E-state index contributed by atoms with van der Waals surface area (Å²) in [4.78, 5) is 2.41. The van der Waals surface area contributed by atoms with Crippen molar-refractivity contribution in [3.63, 3.8) is 0 Å². The highest BCUT2D eigenvalue weighted by atomic mass is 35.5. The number of hydrogen-bond donors (Lipinski definition) is 0. The SMILES string of the molecule is CCn1cc(CN2CC(CCl)OCC2C)cn1. The third kappa shape index (κ3) is 3.21. The molecule has 0 radical (unpaired) electrons. The Balaban J connectivity index is 1.96. The highest BCUT2D eigenvalue weighted by molar-refractivity contribution is 6.18. The van der Waals surface area contributed by atoms with Gasteiger partial charge in [0, 0.05) is 43.3 Å². The highest BCUT2D eigenvalue weighted by Gasteiger charge is 2.25. The Kier molecular flexibility index (Phi) is 4.42. The fourth-order valence-corrected chi connectivity index (χ4v) is 2.27. The van der Waals surface area contributed by atoms with Crippen molar-refractivity contribution in [2.24, 2.45) is 0 Å². The van der Waals surface area contributed by atoms with Gasteiger partial charge in [0.05, 0.1) is 18.9 Å². The molecule has 2 heterocycles. The van der Waals surface area contributed by atoms with E-state index in [1.807, 2.05) is 10.9 Å². The Morgan fingerprint density at radius 3 is 3.06 bits per heavy atom. The van der Waals surface area contributed by atoms with Crippen LogP contribution in [0, 0.1) is 0 Å². The second kappa shape index (κ2) is 5.85. The summed E-state index contributed by atoms with van der Waals surface area (Å²) in [6, 6.07) is 0.444. The van der Waals surface area contributed by atoms with Crippen LogP contribution in [0.15, 0.2) is 12.4 Å². The molecule has 0 saturated carbocycles. The number of aromatic nitrogens is 2. The molecule has 0 N–H and O–H groups in total. The Hall–Kier alpha value is -0.580. The fraction of sp³-hybridized carbons (Fsp3) is 0.750. The Morgan fingerprint density at radius 2 is 2.41 bits per heavy atom. The van der Waals surface area contributed by atoms with Gasteiger partial charge in [0.15, 0.2) is 0 Å². The van der Waals surface area contributed by atoms with E-state index in [0.717, 1.165) is 26.2 Å². The summed E-state index contributed by atoms with van der Waals surface area (Å²) >= 11 is 5.85. The van der Waals surface area contributed by atoms with E-state index in [9.17, 15) is 0 Å². The first-order chi connectivity index (χ1) is 8.22. The van der Waals surface area contributed by atoms with Crippen LogP contribution < -0.4 is 0 Å². The number of halogens is 1. The van der Waals surface area contributed by atoms with Crippen LogP contribution in [0.5, 0.6) is 0 Å². The lowest BCUT2D eigenvalue weighted by Gasteiger charge is -2.37. The zero-order valence-corrected chi connectivity index (χ0v) is 11.2. The summed E-state index contributed by atoms with van der Waals surface area (Å²) in [5, 5.41) is 4.30. The van der Waals surface area contributed by atoms with Gasteiger partial charge >= 0.3 is 0 Å². The third-order valence-electron chi connectivity index (χ3n) is 3.20. The van der Waals surface area contributed by atoms with Gasteiger partial charge in [0.25, 0.3) is 0 Å². The van der Waals surface area contributed by atoms with Crippen molar-refractivity contribution in [2.75, 3.05) is 19.0 Å². The fourth-order valence-electron chi connectivity index (χ4n) is 2.08. The standard InChI is InChI=1S/C12H20ClN3O/c1-3-16-7-11(5-14-16)6-15-8-12(4-13)17-9-10(15)2/h5,7,10,12H,3-4,6,8-9H2,1-2H3. The van der Waals surface area contributed by atoms with Crippen LogP contribution in [-0.4, -0.2) is 45.9 Å². The van der Waals surface area contributed by atoms with Crippen molar-refractivity contribution in [3.8, 4) is 0 Å². The van der Waals surface area contributed by atoms with Crippen molar-refractivity contribution in [1.29, 1.82) is 0 Å². The summed E-state index contributed by atoms with van der Waals surface area (Å²) in [6.07, 6.45) is 4.22. The maximum absolute atomic E-state index is 5.85. The van der Waals surface area contributed by atoms with E-state index in [-0.39, 0.29) is 6.10 Å². The third-order valence-corrected chi connectivity index (χ3v) is 3.55. The minimum atomic E-state index is 0.161. The molecule has 1 aromatic heterocycles. The van der Waals surface area contributed by atoms with Gasteiger partial charge in [-0.15, -0.1) is 11.6 Å². The average molecular weight is 258 g/mol. The Morgan fingerprint density at radius 1 is 1.59 bits per heavy atom. The summed E-state index contributed by atoms with van der Waals surface area (Å²) in [5.74, 6) is 0.567. The van der Waals surface area contributed by atoms with E-state index in [0.29, 0.717) is 11.9 Å². The van der Waals surface area contributed by atoms with Gasteiger partial charge in [-0.3, -0.25) is 9.58 Å². The molecule has 2 atom stereocenters. The van der Waals surface area contributed by atoms with Crippen LogP contribution in [0.2, 0.25) is 0 Å². The molecule has 4 nitrogen and oxygen atoms in total. The van der Waals surface area contributed by atoms with E-state index in [2.05, 4.69) is 30.0 Å². The second-order valence-corrected chi connectivity index (χ2v) is 4.90. The molecule has 5 heteroatoms. The number of ether oxygens (including phenoxy) is 1. The topological polar surface area (TPSA) is 30.3 Å². The number of morpholine rings is 1. The first-order valence-electron chi connectivity index (χ1n) is 6.16. The maximum atomic E-state index is 5.85. The normalized spacial score (nSPS) is 26.3. The molecule has 17 heavy (non-hydrogen) atoms. The van der Waals surface area contributed by atoms with Crippen LogP contribution in [0.3, 0.4) is 0 Å². The van der Waals surface area contributed by atoms with Crippen molar-refractivity contribution in [2.45, 2.75) is 39.1 Å². The summed E-state index contributed by atoms with van der Waals surface area (Å²) < 4.78 is 7.60. The van der Waals surface area contributed by atoms with E-state index >= 15 is 0 Å². The van der Waals surface area contributed by atoms with Crippen LogP contribution >= 0.6 is 11.6 Å². The largest absolute Gasteiger partial charge is 0.374 e. The van der Waals surface area contributed by atoms with Gasteiger partial charge in [0.1, 0.15) is 0 Å². The monoisotopic (exact) mass is 257 g/mol. The molecule has 96 valence electrons. The molecule has 1 fully saturated rings. The molecule has 2 rings (SSSR count). The number of nitrogens with zero attached hydrogens (tertiary/aromatic N) is 3. The number of aryl methyl sites for hydroxylation is 1. The molecule has 0 bridgehead atoms. The van der Waals surface area contributed by atoms with E-state index < -0.39 is 0 Å². The molecule has 0 aromatic carbocycles. The number of rotatable bonds is 4. The van der Waals surface area contributed by atoms with Gasteiger partial charge < -0.3 is 4.74 Å². The van der Waals surface area contributed by atoms with Crippen molar-refractivity contribution in [3.05, 3.63) is 18.0 Å². The van der Waals surface area contributed by atoms with Crippen molar-refractivity contribution < 1.29 is 4.74 Å². The average Bonchev–Trinajstić information content (AvgIpc) is 2.80. The lowest BCUT2D eigenvalue weighted by atomic mass is 10.2. The lowest BCUT2D eigenvalue weighted by molar-refractivity contribution is -0.0510.